The van der Waals surface area contributed by atoms with E-state index in [9.17, 15) is 14.4 Å². The topological polar surface area (TPSA) is 188 Å². The molecule has 4 aromatic carbocycles. The van der Waals surface area contributed by atoms with Crippen LogP contribution in [0.15, 0.2) is 100 Å². The highest BCUT2D eigenvalue weighted by molar-refractivity contribution is 6.08. The van der Waals surface area contributed by atoms with Crippen LogP contribution >= 0.6 is 0 Å². The van der Waals surface area contributed by atoms with Gasteiger partial charge in [-0.05, 0) is 160 Å². The lowest BCUT2D eigenvalue weighted by molar-refractivity contribution is -0.132. The minimum atomic E-state index is -1.39. The fraction of sp³-hybridized carbons (Fsp3) is 0.429. The molecule has 0 saturated heterocycles. The van der Waals surface area contributed by atoms with Crippen LogP contribution in [0.4, 0.5) is 22.7 Å². The number of aromatic nitrogens is 6. The van der Waals surface area contributed by atoms with E-state index in [4.69, 9.17) is 34.6 Å². The first-order chi connectivity index (χ1) is 39.3. The molecule has 6 aromatic rings. The van der Waals surface area contributed by atoms with Crippen LogP contribution in [-0.4, -0.2) is 128 Å². The normalized spacial score (nSPS) is 17.2. The standard InChI is InChI=1S/C33H42N8O2.C30H39N7O3/c1-10-38(9)27-12-13-28(23(3)20-27)40(26(6)42)33(39-17-16-32(7,8)34-21-39)25(5)36-41-31(33)35-30(37-41)15-18-43-29-14-11-22(2)19-24(29)4;1-10-34(8)25-12-13-26(20(3)18-25)36(24(7)39)30(35(9)23(6)38)22(5)32-37-29(30)31-28(33-37)15-16-40-27-14-11-19(2)17-21(27)4/h11-14,16-17,19-21H,10,15,18H2,1-9H3;11-14,17-18H,10,15-16H2,1-9H3. The predicted molar refractivity (Wildman–Crippen MR) is 329 cm³/mol. The Hall–Kier alpha value is -8.68. The average Bonchev–Trinajstić information content (AvgIpc) is 1.77. The molecular weight excluding hydrogens is 1050 g/mol. The van der Waals surface area contributed by atoms with Gasteiger partial charge in [0.05, 0.1) is 36.5 Å². The molecule has 20 heteroatoms. The van der Waals surface area contributed by atoms with Crippen molar-refractivity contribution in [3.05, 3.63) is 142 Å². The fourth-order valence-corrected chi connectivity index (χ4v) is 10.9. The van der Waals surface area contributed by atoms with E-state index in [0.29, 0.717) is 66.5 Å². The zero-order chi connectivity index (χ0) is 60.5. The Morgan fingerprint density at radius 2 is 1.04 bits per heavy atom. The Kier molecular flexibility index (Phi) is 17.5. The Bertz CT molecular complexity index is 3560. The smallest absolute Gasteiger partial charge is 0.229 e. The van der Waals surface area contributed by atoms with Crippen molar-refractivity contribution in [3.63, 3.8) is 0 Å². The number of amides is 3. The highest BCUT2D eigenvalue weighted by Crippen LogP contribution is 2.45. The van der Waals surface area contributed by atoms with Crippen LogP contribution in [0, 0.1) is 41.5 Å². The third-order valence-corrected chi connectivity index (χ3v) is 15.7. The number of nitrogens with zero attached hydrogens (tertiary/aromatic N) is 15. The van der Waals surface area contributed by atoms with Crippen molar-refractivity contribution in [2.45, 2.75) is 134 Å². The Morgan fingerprint density at radius 3 is 1.47 bits per heavy atom. The first-order valence-electron chi connectivity index (χ1n) is 28.3. The summed E-state index contributed by atoms with van der Waals surface area (Å²) in [4.78, 5) is 68.9. The molecule has 0 fully saturated rings. The molecule has 0 aliphatic carbocycles. The van der Waals surface area contributed by atoms with Crippen molar-refractivity contribution in [3.8, 4) is 11.5 Å². The summed E-state index contributed by atoms with van der Waals surface area (Å²) in [5.41, 5.74) is 8.08. The minimum absolute atomic E-state index is 0.156. The Morgan fingerprint density at radius 1 is 0.566 bits per heavy atom. The number of carbonyl (C=O) groups excluding carboxylic acids is 3. The van der Waals surface area contributed by atoms with Crippen molar-refractivity contribution in [1.82, 2.24) is 39.5 Å². The maximum Gasteiger partial charge on any atom is 0.229 e. The number of carbonyl (C=O) groups is 3. The molecule has 0 bridgehead atoms. The second kappa shape index (κ2) is 24.0. The second-order valence-corrected chi connectivity index (χ2v) is 22.3. The molecule has 3 amide bonds. The number of anilines is 4. The molecule has 2 aromatic heterocycles. The molecule has 83 heavy (non-hydrogen) atoms. The van der Waals surface area contributed by atoms with Crippen LogP contribution in [0.2, 0.25) is 0 Å². The van der Waals surface area contributed by atoms with Gasteiger partial charge in [0.2, 0.25) is 40.7 Å². The number of fused-ring (bicyclic) bond motifs is 2. The molecule has 0 spiro atoms. The van der Waals surface area contributed by atoms with Gasteiger partial charge in [0, 0.05) is 96.8 Å². The molecule has 2 unspecified atom stereocenters. The van der Waals surface area contributed by atoms with Crippen molar-refractivity contribution in [1.29, 1.82) is 0 Å². The monoisotopic (exact) mass is 1130 g/mol. The summed E-state index contributed by atoms with van der Waals surface area (Å²) in [6.45, 7) is 31.1. The summed E-state index contributed by atoms with van der Waals surface area (Å²) < 4.78 is 12.1. The van der Waals surface area contributed by atoms with Crippen molar-refractivity contribution in [2.75, 3.05) is 67.0 Å². The number of hydrogen-bond acceptors (Lipinski definition) is 15. The van der Waals surface area contributed by atoms with Gasteiger partial charge in [-0.1, -0.05) is 35.4 Å². The molecule has 3 aliphatic rings. The largest absolute Gasteiger partial charge is 0.493 e. The summed E-state index contributed by atoms with van der Waals surface area (Å²) in [6, 6.07) is 24.3. The number of aryl methyl sites for hydroxylation is 6. The zero-order valence-corrected chi connectivity index (χ0v) is 51.7. The summed E-state index contributed by atoms with van der Waals surface area (Å²) in [5.74, 6) is 3.00. The maximum atomic E-state index is 13.8. The van der Waals surface area contributed by atoms with Crippen LogP contribution in [0.3, 0.4) is 0 Å². The van der Waals surface area contributed by atoms with Gasteiger partial charge in [-0.15, -0.1) is 19.8 Å². The minimum Gasteiger partial charge on any atom is -0.493 e. The molecular formula is C63H81N15O5. The van der Waals surface area contributed by atoms with E-state index in [-0.39, 0.29) is 23.3 Å². The average molecular weight is 1130 g/mol. The predicted octanol–water partition coefficient (Wildman–Crippen LogP) is 9.56. The summed E-state index contributed by atoms with van der Waals surface area (Å²) in [6.07, 6.45) is 6.66. The molecule has 20 nitrogen and oxygen atoms in total. The molecule has 0 radical (unpaired) electrons. The number of hydrogen-bond donors (Lipinski definition) is 0. The fourth-order valence-electron chi connectivity index (χ4n) is 10.9. The van der Waals surface area contributed by atoms with Gasteiger partial charge < -0.3 is 29.1 Å². The third-order valence-electron chi connectivity index (χ3n) is 15.7. The zero-order valence-electron chi connectivity index (χ0n) is 51.7. The molecule has 0 saturated carbocycles. The summed E-state index contributed by atoms with van der Waals surface area (Å²) >= 11 is 0. The SMILES string of the molecule is CCN(C)c1ccc(N(C(C)=O)C2(N(C)C(C)=O)C(C)=Nn3nc(CCOc4ccc(C)cc4C)nc32)c(C)c1.CCN(C)c1ccc(N(C(C)=O)C2(N3C=CC(C)(C)N=C3)C(C)=Nn3nc(CCOc4ccc(C)cc4C)nc32)c(C)c1. The highest BCUT2D eigenvalue weighted by Gasteiger charge is 2.58. The second-order valence-electron chi connectivity index (χ2n) is 22.3. The Balaban J connectivity index is 0.000000217. The molecule has 2 atom stereocenters. The highest BCUT2D eigenvalue weighted by atomic mass is 16.5. The third kappa shape index (κ3) is 11.6. The number of ether oxygens (including phenoxy) is 2. The van der Waals surface area contributed by atoms with Gasteiger partial charge in [-0.25, -0.2) is 9.97 Å². The van der Waals surface area contributed by atoms with Crippen molar-refractivity contribution < 1.29 is 23.9 Å². The lowest BCUT2D eigenvalue weighted by Crippen LogP contribution is -2.63. The molecule has 3 aliphatic heterocycles. The van der Waals surface area contributed by atoms with Gasteiger partial charge in [0.15, 0.2) is 11.6 Å². The van der Waals surface area contributed by atoms with Crippen LogP contribution in [-0.2, 0) is 38.6 Å². The summed E-state index contributed by atoms with van der Waals surface area (Å²) in [7, 11) is 5.74. The van der Waals surface area contributed by atoms with Crippen LogP contribution in [0.1, 0.15) is 119 Å². The van der Waals surface area contributed by atoms with Gasteiger partial charge in [0.1, 0.15) is 11.5 Å². The molecule has 438 valence electrons. The quantitative estimate of drug-likeness (QED) is 0.0743. The van der Waals surface area contributed by atoms with E-state index in [1.54, 1.807) is 41.8 Å². The number of rotatable bonds is 18. The van der Waals surface area contributed by atoms with Crippen LogP contribution in [0.5, 0.6) is 11.5 Å². The van der Waals surface area contributed by atoms with E-state index in [0.717, 1.165) is 63.9 Å². The molecule has 0 N–H and O–H groups in total. The van der Waals surface area contributed by atoms with Gasteiger partial charge in [-0.2, -0.15) is 10.2 Å². The number of benzene rings is 4. The maximum absolute atomic E-state index is 13.8. The molecule has 5 heterocycles. The van der Waals surface area contributed by atoms with Crippen molar-refractivity contribution >= 4 is 58.2 Å². The summed E-state index contributed by atoms with van der Waals surface area (Å²) in [5, 5.41) is 18.8. The van der Waals surface area contributed by atoms with Crippen LogP contribution in [0.25, 0.3) is 0 Å². The van der Waals surface area contributed by atoms with E-state index >= 15 is 0 Å². The van der Waals surface area contributed by atoms with Crippen LogP contribution < -0.4 is 29.1 Å². The van der Waals surface area contributed by atoms with Gasteiger partial charge >= 0.3 is 0 Å². The Labute approximate surface area is 488 Å². The van der Waals surface area contributed by atoms with Gasteiger partial charge in [-0.3, -0.25) is 29.2 Å². The van der Waals surface area contributed by atoms with E-state index in [2.05, 4.69) is 66.0 Å². The van der Waals surface area contributed by atoms with E-state index in [1.807, 2.05) is 134 Å². The van der Waals surface area contributed by atoms with E-state index < -0.39 is 11.3 Å². The van der Waals surface area contributed by atoms with Gasteiger partial charge in [0.25, 0.3) is 0 Å². The lowest BCUT2D eigenvalue weighted by atomic mass is 9.96. The first-order valence-corrected chi connectivity index (χ1v) is 28.3. The van der Waals surface area contributed by atoms with E-state index in [1.165, 1.54) is 34.7 Å². The molecule has 9 rings (SSSR count). The van der Waals surface area contributed by atoms with Crippen molar-refractivity contribution in [2.24, 2.45) is 15.2 Å². The first kappa shape index (κ1) is 60.4. The lowest BCUT2D eigenvalue weighted by Gasteiger charge is -2.46. The number of aliphatic imine (C=N–C) groups is 1.